The highest BCUT2D eigenvalue weighted by molar-refractivity contribution is 7.99. The molecule has 1 aliphatic rings. The van der Waals surface area contributed by atoms with Crippen LogP contribution in [0.1, 0.15) is 12.5 Å². The Hall–Kier alpha value is -3.13. The molecule has 7 nitrogen and oxygen atoms in total. The average Bonchev–Trinajstić information content (AvgIpc) is 3.30. The standard InChI is InChI=1S/C21H21N5O2S/c1-14(27)22-17-9-7-16(8-10-17)20-23-24-21(25(20)2)29-13-19(28)26-12-11-15-5-3-4-6-18(15)26/h3-10H,11-13H2,1-2H3,(H,22,27). The van der Waals surface area contributed by atoms with Gasteiger partial charge in [-0.05, 0) is 42.3 Å². The molecule has 2 heterocycles. The van der Waals surface area contributed by atoms with Gasteiger partial charge in [0.05, 0.1) is 5.75 Å². The molecule has 0 aliphatic carbocycles. The van der Waals surface area contributed by atoms with E-state index in [0.717, 1.165) is 29.9 Å². The molecule has 0 fully saturated rings. The van der Waals surface area contributed by atoms with Gasteiger partial charge in [0, 0.05) is 37.5 Å². The third kappa shape index (κ3) is 4.02. The second kappa shape index (κ2) is 8.08. The van der Waals surface area contributed by atoms with Gasteiger partial charge in [-0.3, -0.25) is 9.59 Å². The van der Waals surface area contributed by atoms with Gasteiger partial charge in [0.1, 0.15) is 0 Å². The SMILES string of the molecule is CC(=O)Nc1ccc(-c2nnc(SCC(=O)N3CCc4ccccc43)n2C)cc1. The number of thioether (sulfide) groups is 1. The number of nitrogens with zero attached hydrogens (tertiary/aromatic N) is 4. The maximum Gasteiger partial charge on any atom is 0.237 e. The molecular formula is C21H21N5O2S. The number of benzene rings is 2. The lowest BCUT2D eigenvalue weighted by atomic mass is 10.2. The third-order valence-electron chi connectivity index (χ3n) is 4.81. The zero-order valence-electron chi connectivity index (χ0n) is 16.3. The molecule has 3 aromatic rings. The summed E-state index contributed by atoms with van der Waals surface area (Å²) in [6, 6.07) is 15.5. The average molecular weight is 407 g/mol. The normalized spacial score (nSPS) is 12.7. The molecule has 2 amide bonds. The highest BCUT2D eigenvalue weighted by Crippen LogP contribution is 2.29. The number of rotatable bonds is 5. The first-order valence-electron chi connectivity index (χ1n) is 9.31. The highest BCUT2D eigenvalue weighted by atomic mass is 32.2. The molecule has 0 atom stereocenters. The predicted molar refractivity (Wildman–Crippen MR) is 114 cm³/mol. The van der Waals surface area contributed by atoms with E-state index >= 15 is 0 Å². The van der Waals surface area contributed by atoms with Crippen molar-refractivity contribution < 1.29 is 9.59 Å². The van der Waals surface area contributed by atoms with Gasteiger partial charge in [0.25, 0.3) is 0 Å². The Morgan fingerprint density at radius 3 is 2.62 bits per heavy atom. The van der Waals surface area contributed by atoms with Crippen molar-refractivity contribution in [2.45, 2.75) is 18.5 Å². The van der Waals surface area contributed by atoms with Crippen molar-refractivity contribution in [3.05, 3.63) is 54.1 Å². The van der Waals surface area contributed by atoms with E-state index < -0.39 is 0 Å². The van der Waals surface area contributed by atoms with E-state index in [1.54, 1.807) is 0 Å². The molecular weight excluding hydrogens is 386 g/mol. The summed E-state index contributed by atoms with van der Waals surface area (Å²) in [6.45, 7) is 2.20. The summed E-state index contributed by atoms with van der Waals surface area (Å²) < 4.78 is 1.88. The Morgan fingerprint density at radius 2 is 1.86 bits per heavy atom. The summed E-state index contributed by atoms with van der Waals surface area (Å²) in [4.78, 5) is 25.7. The van der Waals surface area contributed by atoms with Crippen molar-refractivity contribution in [3.8, 4) is 11.4 Å². The van der Waals surface area contributed by atoms with Gasteiger partial charge < -0.3 is 14.8 Å². The highest BCUT2D eigenvalue weighted by Gasteiger charge is 2.24. The summed E-state index contributed by atoms with van der Waals surface area (Å²) in [6.07, 6.45) is 0.898. The summed E-state index contributed by atoms with van der Waals surface area (Å²) in [7, 11) is 1.88. The van der Waals surface area contributed by atoms with Crippen LogP contribution in [-0.2, 0) is 23.1 Å². The molecule has 4 rings (SSSR count). The number of nitrogens with one attached hydrogen (secondary N) is 1. The van der Waals surface area contributed by atoms with Crippen LogP contribution in [0.2, 0.25) is 0 Å². The number of carbonyl (C=O) groups excluding carboxylic acids is 2. The summed E-state index contributed by atoms with van der Waals surface area (Å²) >= 11 is 1.38. The van der Waals surface area contributed by atoms with Crippen LogP contribution < -0.4 is 10.2 Å². The van der Waals surface area contributed by atoms with Gasteiger partial charge in [-0.2, -0.15) is 0 Å². The first-order valence-corrected chi connectivity index (χ1v) is 10.3. The van der Waals surface area contributed by atoms with E-state index in [1.807, 2.05) is 59.0 Å². The molecule has 0 saturated carbocycles. The molecule has 0 saturated heterocycles. The van der Waals surface area contributed by atoms with Gasteiger partial charge in [-0.15, -0.1) is 10.2 Å². The zero-order valence-corrected chi connectivity index (χ0v) is 17.1. The quantitative estimate of drug-likeness (QED) is 0.658. The van der Waals surface area contributed by atoms with Crippen LogP contribution in [0.5, 0.6) is 0 Å². The van der Waals surface area contributed by atoms with Crippen LogP contribution in [0.15, 0.2) is 53.7 Å². The van der Waals surface area contributed by atoms with Crippen LogP contribution in [-0.4, -0.2) is 38.9 Å². The van der Waals surface area contributed by atoms with Crippen LogP contribution in [0, 0.1) is 0 Å². The Kier molecular flexibility index (Phi) is 5.35. The van der Waals surface area contributed by atoms with Gasteiger partial charge in [0.15, 0.2) is 11.0 Å². The van der Waals surface area contributed by atoms with E-state index in [4.69, 9.17) is 0 Å². The minimum atomic E-state index is -0.111. The molecule has 2 aromatic carbocycles. The lowest BCUT2D eigenvalue weighted by molar-refractivity contribution is -0.116. The van der Waals surface area contributed by atoms with Gasteiger partial charge >= 0.3 is 0 Å². The number of carbonyl (C=O) groups is 2. The zero-order chi connectivity index (χ0) is 20.4. The van der Waals surface area contributed by atoms with Crippen molar-refractivity contribution in [1.29, 1.82) is 0 Å². The number of para-hydroxylation sites is 1. The van der Waals surface area contributed by atoms with Crippen molar-refractivity contribution in [3.63, 3.8) is 0 Å². The lowest BCUT2D eigenvalue weighted by Gasteiger charge is -2.16. The maximum atomic E-state index is 12.7. The van der Waals surface area contributed by atoms with Gasteiger partial charge in [-0.1, -0.05) is 30.0 Å². The molecule has 8 heteroatoms. The summed E-state index contributed by atoms with van der Waals surface area (Å²) in [5, 5.41) is 11.9. The third-order valence-corrected chi connectivity index (χ3v) is 5.82. The molecule has 0 radical (unpaired) electrons. The molecule has 0 bridgehead atoms. The first kappa shape index (κ1) is 19.2. The minimum absolute atomic E-state index is 0.0733. The first-order chi connectivity index (χ1) is 14.0. The Bertz CT molecular complexity index is 1060. The molecule has 0 spiro atoms. The Labute approximate surface area is 173 Å². The maximum absolute atomic E-state index is 12.7. The fourth-order valence-electron chi connectivity index (χ4n) is 3.40. The predicted octanol–water partition coefficient (Wildman–Crippen LogP) is 3.12. The number of anilines is 2. The number of amides is 2. The van der Waals surface area contributed by atoms with E-state index in [0.29, 0.717) is 16.7 Å². The van der Waals surface area contributed by atoms with Crippen LogP contribution in [0.25, 0.3) is 11.4 Å². The number of hydrogen-bond acceptors (Lipinski definition) is 5. The summed E-state index contributed by atoms with van der Waals surface area (Å²) in [5.41, 5.74) is 3.85. The van der Waals surface area contributed by atoms with E-state index in [9.17, 15) is 9.59 Å². The lowest BCUT2D eigenvalue weighted by Crippen LogP contribution is -2.30. The molecule has 1 aliphatic heterocycles. The largest absolute Gasteiger partial charge is 0.326 e. The monoisotopic (exact) mass is 407 g/mol. The minimum Gasteiger partial charge on any atom is -0.326 e. The van der Waals surface area contributed by atoms with E-state index in [-0.39, 0.29) is 11.8 Å². The Morgan fingerprint density at radius 1 is 1.10 bits per heavy atom. The van der Waals surface area contributed by atoms with Gasteiger partial charge in [-0.25, -0.2) is 0 Å². The second-order valence-corrected chi connectivity index (χ2v) is 7.78. The second-order valence-electron chi connectivity index (χ2n) is 6.84. The van der Waals surface area contributed by atoms with Crippen LogP contribution in [0.4, 0.5) is 11.4 Å². The van der Waals surface area contributed by atoms with Crippen molar-refractivity contribution in [2.75, 3.05) is 22.5 Å². The Balaban J connectivity index is 1.43. The van der Waals surface area contributed by atoms with Crippen molar-refractivity contribution >= 4 is 35.0 Å². The fraction of sp³-hybridized carbons (Fsp3) is 0.238. The number of hydrogen-bond donors (Lipinski definition) is 1. The van der Waals surface area contributed by atoms with Crippen molar-refractivity contribution in [1.82, 2.24) is 14.8 Å². The van der Waals surface area contributed by atoms with Gasteiger partial charge in [0.2, 0.25) is 11.8 Å². The number of fused-ring (bicyclic) bond motifs is 1. The molecule has 0 unspecified atom stereocenters. The molecule has 1 aromatic heterocycles. The fourth-order valence-corrected chi connectivity index (χ4v) is 4.19. The van der Waals surface area contributed by atoms with Crippen LogP contribution >= 0.6 is 11.8 Å². The smallest absolute Gasteiger partial charge is 0.237 e. The molecule has 29 heavy (non-hydrogen) atoms. The molecule has 148 valence electrons. The van der Waals surface area contributed by atoms with Crippen LogP contribution in [0.3, 0.4) is 0 Å². The topological polar surface area (TPSA) is 80.1 Å². The summed E-state index contributed by atoms with van der Waals surface area (Å²) in [5.74, 6) is 0.979. The van der Waals surface area contributed by atoms with Crippen molar-refractivity contribution in [2.24, 2.45) is 7.05 Å². The molecule has 1 N–H and O–H groups in total. The van der Waals surface area contributed by atoms with E-state index in [2.05, 4.69) is 21.6 Å². The number of aromatic nitrogens is 3. The van der Waals surface area contributed by atoms with E-state index in [1.165, 1.54) is 24.2 Å².